The van der Waals surface area contributed by atoms with E-state index in [4.69, 9.17) is 16.3 Å². The maximum Gasteiger partial charge on any atom is 0.269 e. The van der Waals surface area contributed by atoms with E-state index in [-0.39, 0.29) is 18.6 Å². The topological polar surface area (TPSA) is 41.9 Å². The molecule has 1 amide bonds. The number of carbonyl (C=O) groups excluding carboxylic acids is 1. The van der Waals surface area contributed by atoms with Crippen molar-refractivity contribution < 1.29 is 9.53 Å². The van der Waals surface area contributed by atoms with Gasteiger partial charge in [0.15, 0.2) is 0 Å². The van der Waals surface area contributed by atoms with Crippen LogP contribution in [0.5, 0.6) is 0 Å². The van der Waals surface area contributed by atoms with Gasteiger partial charge in [-0.05, 0) is 29.1 Å². The Balaban J connectivity index is 1.91. The van der Waals surface area contributed by atoms with Crippen LogP contribution in [0.25, 0.3) is 0 Å². The van der Waals surface area contributed by atoms with E-state index in [2.05, 4.69) is 5.10 Å². The van der Waals surface area contributed by atoms with Gasteiger partial charge in [0.05, 0.1) is 16.6 Å². The summed E-state index contributed by atoms with van der Waals surface area (Å²) in [6.07, 6.45) is 0.692. The van der Waals surface area contributed by atoms with Gasteiger partial charge in [-0.3, -0.25) is 4.79 Å². The lowest BCUT2D eigenvalue weighted by Crippen LogP contribution is -2.30. The second-order valence-corrected chi connectivity index (χ2v) is 6.35. The fraction of sp³-hybridized carbons (Fsp3) is 0.250. The van der Waals surface area contributed by atoms with Crippen molar-refractivity contribution in [3.63, 3.8) is 0 Å². The molecule has 2 heterocycles. The van der Waals surface area contributed by atoms with Gasteiger partial charge in [-0.25, -0.2) is 5.01 Å². The average molecular weight is 335 g/mol. The number of nitrogens with zero attached hydrogens (tertiary/aromatic N) is 2. The monoisotopic (exact) mass is 334 g/mol. The lowest BCUT2D eigenvalue weighted by atomic mass is 10.0. The predicted octanol–water partition coefficient (Wildman–Crippen LogP) is 3.73. The summed E-state index contributed by atoms with van der Waals surface area (Å²) >= 11 is 7.58. The molecule has 0 fully saturated rings. The van der Waals surface area contributed by atoms with Crippen molar-refractivity contribution in [1.29, 1.82) is 0 Å². The number of benzene rings is 1. The molecule has 2 aromatic rings. The molecule has 0 bridgehead atoms. The minimum atomic E-state index is -0.144. The van der Waals surface area contributed by atoms with Crippen LogP contribution >= 0.6 is 22.9 Å². The van der Waals surface area contributed by atoms with Gasteiger partial charge >= 0.3 is 0 Å². The molecule has 4 nitrogen and oxygen atoms in total. The van der Waals surface area contributed by atoms with Crippen molar-refractivity contribution in [2.24, 2.45) is 5.10 Å². The quantitative estimate of drug-likeness (QED) is 0.855. The molecule has 1 aromatic carbocycles. The highest BCUT2D eigenvalue weighted by Crippen LogP contribution is 2.34. The lowest BCUT2D eigenvalue weighted by molar-refractivity contribution is -0.137. The summed E-state index contributed by atoms with van der Waals surface area (Å²) in [7, 11) is 1.51. The number of thiophene rings is 1. The number of hydrogen-bond acceptors (Lipinski definition) is 4. The van der Waals surface area contributed by atoms with Crippen molar-refractivity contribution in [3.05, 3.63) is 57.2 Å². The van der Waals surface area contributed by atoms with Gasteiger partial charge in [-0.15, -0.1) is 11.3 Å². The number of hydrogen-bond donors (Lipinski definition) is 0. The molecule has 0 saturated heterocycles. The summed E-state index contributed by atoms with van der Waals surface area (Å²) in [5, 5.41) is 8.74. The van der Waals surface area contributed by atoms with Crippen LogP contribution in [-0.2, 0) is 9.53 Å². The number of rotatable bonds is 4. The number of amides is 1. The van der Waals surface area contributed by atoms with Crippen LogP contribution in [0.3, 0.4) is 0 Å². The third kappa shape index (κ3) is 3.06. The van der Waals surface area contributed by atoms with Crippen LogP contribution in [0.15, 0.2) is 46.9 Å². The molecule has 1 aliphatic rings. The van der Waals surface area contributed by atoms with Gasteiger partial charge in [0.2, 0.25) is 0 Å². The molecule has 0 radical (unpaired) electrons. The van der Waals surface area contributed by atoms with Gasteiger partial charge in [0.1, 0.15) is 6.61 Å². The first kappa shape index (κ1) is 15.2. The Hall–Kier alpha value is -1.69. The first-order valence-electron chi connectivity index (χ1n) is 6.87. The fourth-order valence-corrected chi connectivity index (χ4v) is 3.31. The Morgan fingerprint density at radius 3 is 2.82 bits per heavy atom. The second kappa shape index (κ2) is 6.60. The average Bonchev–Trinajstić information content (AvgIpc) is 3.17. The molecule has 1 aliphatic heterocycles. The third-order valence-electron chi connectivity index (χ3n) is 3.49. The van der Waals surface area contributed by atoms with E-state index >= 15 is 0 Å². The molecule has 0 N–H and O–H groups in total. The molecular weight excluding hydrogens is 320 g/mol. The Morgan fingerprint density at radius 2 is 2.18 bits per heavy atom. The molecule has 0 spiro atoms. The summed E-state index contributed by atoms with van der Waals surface area (Å²) in [6, 6.07) is 11.4. The highest BCUT2D eigenvalue weighted by atomic mass is 35.5. The molecule has 114 valence electrons. The van der Waals surface area contributed by atoms with Crippen molar-refractivity contribution in [2.75, 3.05) is 13.7 Å². The number of halogens is 1. The van der Waals surface area contributed by atoms with Crippen LogP contribution < -0.4 is 0 Å². The van der Waals surface area contributed by atoms with Crippen molar-refractivity contribution >= 4 is 34.6 Å². The zero-order valence-electron chi connectivity index (χ0n) is 12.0. The van der Waals surface area contributed by atoms with E-state index in [1.54, 1.807) is 11.3 Å². The van der Waals surface area contributed by atoms with Crippen LogP contribution in [0.4, 0.5) is 0 Å². The Kier molecular flexibility index (Phi) is 4.57. The number of hydrazone groups is 1. The Bertz CT molecular complexity index is 683. The zero-order valence-corrected chi connectivity index (χ0v) is 13.6. The zero-order chi connectivity index (χ0) is 15.5. The van der Waals surface area contributed by atoms with Crippen LogP contribution in [0.2, 0.25) is 5.02 Å². The van der Waals surface area contributed by atoms with Crippen LogP contribution in [-0.4, -0.2) is 30.3 Å². The maximum absolute atomic E-state index is 12.3. The van der Waals surface area contributed by atoms with Gasteiger partial charge in [0.25, 0.3) is 5.91 Å². The third-order valence-corrected chi connectivity index (χ3v) is 4.66. The van der Waals surface area contributed by atoms with E-state index in [1.807, 2.05) is 41.8 Å². The maximum atomic E-state index is 12.3. The molecular formula is C16H15ClN2O2S. The van der Waals surface area contributed by atoms with E-state index in [0.717, 1.165) is 16.2 Å². The van der Waals surface area contributed by atoms with E-state index < -0.39 is 0 Å². The SMILES string of the molecule is COCC(=O)N1N=C(c2cccs2)CC1c1ccc(Cl)cc1. The first-order valence-corrected chi connectivity index (χ1v) is 8.12. The summed E-state index contributed by atoms with van der Waals surface area (Å²) in [5.41, 5.74) is 1.95. The van der Waals surface area contributed by atoms with E-state index in [9.17, 15) is 4.79 Å². The summed E-state index contributed by atoms with van der Waals surface area (Å²) in [6.45, 7) is 0.0192. The summed E-state index contributed by atoms with van der Waals surface area (Å²) < 4.78 is 4.97. The molecule has 0 saturated carbocycles. The number of methoxy groups -OCH3 is 1. The molecule has 1 atom stereocenters. The van der Waals surface area contributed by atoms with Crippen LogP contribution in [0, 0.1) is 0 Å². The number of ether oxygens (including phenoxy) is 1. The molecule has 1 aromatic heterocycles. The van der Waals surface area contributed by atoms with Crippen molar-refractivity contribution in [2.45, 2.75) is 12.5 Å². The highest BCUT2D eigenvalue weighted by molar-refractivity contribution is 7.12. The van der Waals surface area contributed by atoms with Gasteiger partial charge in [-0.2, -0.15) is 5.10 Å². The molecule has 1 unspecified atom stereocenters. The smallest absolute Gasteiger partial charge is 0.269 e. The highest BCUT2D eigenvalue weighted by Gasteiger charge is 2.33. The van der Waals surface area contributed by atoms with Crippen LogP contribution in [0.1, 0.15) is 22.9 Å². The molecule has 3 rings (SSSR count). The van der Waals surface area contributed by atoms with Gasteiger partial charge in [0, 0.05) is 18.6 Å². The molecule has 6 heteroatoms. The van der Waals surface area contributed by atoms with Crippen molar-refractivity contribution in [3.8, 4) is 0 Å². The minimum absolute atomic E-state index is 0.0192. The second-order valence-electron chi connectivity index (χ2n) is 4.97. The molecule has 22 heavy (non-hydrogen) atoms. The normalized spacial score (nSPS) is 17.6. The van der Waals surface area contributed by atoms with E-state index in [0.29, 0.717) is 11.4 Å². The minimum Gasteiger partial charge on any atom is -0.375 e. The predicted molar refractivity (Wildman–Crippen MR) is 88.4 cm³/mol. The van der Waals surface area contributed by atoms with Gasteiger partial charge in [-0.1, -0.05) is 29.8 Å². The number of carbonyl (C=O) groups is 1. The lowest BCUT2D eigenvalue weighted by Gasteiger charge is -2.21. The van der Waals surface area contributed by atoms with E-state index in [1.165, 1.54) is 12.1 Å². The van der Waals surface area contributed by atoms with Crippen molar-refractivity contribution in [1.82, 2.24) is 5.01 Å². The Labute approximate surface area is 138 Å². The first-order chi connectivity index (χ1) is 10.7. The largest absolute Gasteiger partial charge is 0.375 e. The molecule has 0 aliphatic carbocycles. The summed E-state index contributed by atoms with van der Waals surface area (Å²) in [4.78, 5) is 13.4. The fourth-order valence-electron chi connectivity index (χ4n) is 2.47. The Morgan fingerprint density at radius 1 is 1.41 bits per heavy atom. The van der Waals surface area contributed by atoms with Gasteiger partial charge < -0.3 is 4.74 Å². The summed E-state index contributed by atoms with van der Waals surface area (Å²) in [5.74, 6) is -0.144. The standard InChI is InChI=1S/C16H15ClN2O2S/c1-21-10-16(20)19-14(11-4-6-12(17)7-5-11)9-13(18-19)15-3-2-8-22-15/h2-8,14H,9-10H2,1H3.